The highest BCUT2D eigenvalue weighted by Gasteiger charge is 2.50. The quantitative estimate of drug-likeness (QED) is 0.821. The Bertz CT molecular complexity index is 573. The number of nitrogens with zero attached hydrogens (tertiary/aromatic N) is 2. The van der Waals surface area contributed by atoms with E-state index < -0.39 is 10.0 Å². The van der Waals surface area contributed by atoms with Crippen LogP contribution in [0.4, 0.5) is 0 Å². The minimum Gasteiger partial charge on any atom is -0.379 e. The molecular weight excluding hydrogens is 276 g/mol. The van der Waals surface area contributed by atoms with E-state index in [1.54, 1.807) is 28.6 Å². The Morgan fingerprint density at radius 1 is 1.20 bits per heavy atom. The van der Waals surface area contributed by atoms with Crippen molar-refractivity contribution < 1.29 is 13.2 Å². The third-order valence-corrected chi connectivity index (χ3v) is 6.24. The van der Waals surface area contributed by atoms with Crippen molar-refractivity contribution in [3.05, 3.63) is 30.3 Å². The number of hydrogen-bond donors (Lipinski definition) is 0. The van der Waals surface area contributed by atoms with Crippen LogP contribution in [-0.4, -0.2) is 63.6 Å². The van der Waals surface area contributed by atoms with Crippen molar-refractivity contribution in [1.82, 2.24) is 9.21 Å². The number of benzene rings is 1. The fraction of sp³-hybridized carbons (Fsp3) is 0.571. The predicted molar refractivity (Wildman–Crippen MR) is 75.9 cm³/mol. The number of sulfonamides is 1. The lowest BCUT2D eigenvalue weighted by Gasteiger charge is -2.23. The molecule has 0 unspecified atom stereocenters. The number of ether oxygens (including phenoxy) is 1. The van der Waals surface area contributed by atoms with Crippen molar-refractivity contribution in [2.45, 2.75) is 17.0 Å². The lowest BCUT2D eigenvalue weighted by molar-refractivity contribution is 0.143. The van der Waals surface area contributed by atoms with E-state index >= 15 is 0 Å². The molecule has 0 bridgehead atoms. The Labute approximate surface area is 120 Å². The fourth-order valence-corrected chi connectivity index (χ4v) is 4.92. The molecule has 2 aliphatic heterocycles. The molecule has 1 aromatic rings. The first-order valence-electron chi connectivity index (χ1n) is 6.83. The molecule has 2 saturated heterocycles. The second-order valence-corrected chi connectivity index (χ2v) is 7.58. The molecule has 3 atom stereocenters. The standard InChI is InChI=1S/C14H20N2O3S/c1-15(2)13-8-16(14-10-19-9-12(13)14)20(17,18)11-6-4-3-5-7-11/h3-7,12-14H,8-10H2,1-2H3/t12-,13-,14-/m1/s1. The molecular formula is C14H20N2O3S. The van der Waals surface area contributed by atoms with Crippen LogP contribution in [0, 0.1) is 5.92 Å². The van der Waals surface area contributed by atoms with Crippen molar-refractivity contribution in [3.8, 4) is 0 Å². The van der Waals surface area contributed by atoms with Gasteiger partial charge < -0.3 is 9.64 Å². The van der Waals surface area contributed by atoms with Crippen LogP contribution >= 0.6 is 0 Å². The summed E-state index contributed by atoms with van der Waals surface area (Å²) in [6.45, 7) is 1.69. The summed E-state index contributed by atoms with van der Waals surface area (Å²) in [5.41, 5.74) is 0. The van der Waals surface area contributed by atoms with Crippen molar-refractivity contribution >= 4 is 10.0 Å². The predicted octanol–water partition coefficient (Wildman–Crippen LogP) is 0.636. The average Bonchev–Trinajstić information content (AvgIpc) is 3.00. The topological polar surface area (TPSA) is 49.9 Å². The van der Waals surface area contributed by atoms with E-state index in [0.29, 0.717) is 24.7 Å². The molecule has 20 heavy (non-hydrogen) atoms. The molecule has 2 fully saturated rings. The number of fused-ring (bicyclic) bond motifs is 1. The van der Waals surface area contributed by atoms with E-state index in [0.717, 1.165) is 0 Å². The Hall–Kier alpha value is -0.950. The van der Waals surface area contributed by atoms with Gasteiger partial charge in [-0.3, -0.25) is 0 Å². The molecule has 0 aromatic heterocycles. The SMILES string of the molecule is CN(C)[C@@H]1CN(S(=O)(=O)c2ccccc2)[C@@H]2COC[C@H]12. The van der Waals surface area contributed by atoms with Crippen LogP contribution in [0.25, 0.3) is 0 Å². The number of hydrogen-bond acceptors (Lipinski definition) is 4. The van der Waals surface area contributed by atoms with Crippen molar-refractivity contribution in [3.63, 3.8) is 0 Å². The summed E-state index contributed by atoms with van der Waals surface area (Å²) >= 11 is 0. The molecule has 2 aliphatic rings. The first-order chi connectivity index (χ1) is 9.51. The summed E-state index contributed by atoms with van der Waals surface area (Å²) in [6, 6.07) is 8.84. The maximum absolute atomic E-state index is 12.8. The van der Waals surface area contributed by atoms with Gasteiger partial charge in [0, 0.05) is 18.5 Å². The van der Waals surface area contributed by atoms with Gasteiger partial charge in [0.15, 0.2) is 0 Å². The summed E-state index contributed by atoms with van der Waals surface area (Å²) in [7, 11) is 0.565. The monoisotopic (exact) mass is 296 g/mol. The second-order valence-electron chi connectivity index (χ2n) is 5.69. The number of rotatable bonds is 3. The highest BCUT2D eigenvalue weighted by molar-refractivity contribution is 7.89. The van der Waals surface area contributed by atoms with Crippen LogP contribution in [0.2, 0.25) is 0 Å². The van der Waals surface area contributed by atoms with Crippen molar-refractivity contribution in [1.29, 1.82) is 0 Å². The summed E-state index contributed by atoms with van der Waals surface area (Å²) < 4.78 is 32.7. The van der Waals surface area contributed by atoms with Gasteiger partial charge in [-0.05, 0) is 26.2 Å². The van der Waals surface area contributed by atoms with Gasteiger partial charge >= 0.3 is 0 Å². The first-order valence-corrected chi connectivity index (χ1v) is 8.27. The molecule has 0 saturated carbocycles. The van der Waals surface area contributed by atoms with E-state index in [1.165, 1.54) is 0 Å². The molecule has 0 spiro atoms. The third kappa shape index (κ3) is 2.16. The zero-order valence-electron chi connectivity index (χ0n) is 11.8. The van der Waals surface area contributed by atoms with Crippen LogP contribution in [-0.2, 0) is 14.8 Å². The Morgan fingerprint density at radius 2 is 1.90 bits per heavy atom. The highest BCUT2D eigenvalue weighted by Crippen LogP contribution is 2.36. The second kappa shape index (κ2) is 5.11. The van der Waals surface area contributed by atoms with Gasteiger partial charge in [-0.25, -0.2) is 8.42 Å². The molecule has 0 N–H and O–H groups in total. The maximum Gasteiger partial charge on any atom is 0.243 e. The van der Waals surface area contributed by atoms with E-state index in [4.69, 9.17) is 4.74 Å². The molecule has 5 nitrogen and oxygen atoms in total. The molecule has 6 heteroatoms. The van der Waals surface area contributed by atoms with E-state index in [1.807, 2.05) is 20.2 Å². The van der Waals surface area contributed by atoms with Crippen LogP contribution in [0.5, 0.6) is 0 Å². The highest BCUT2D eigenvalue weighted by atomic mass is 32.2. The molecule has 0 aliphatic carbocycles. The van der Waals surface area contributed by atoms with Gasteiger partial charge in [0.2, 0.25) is 10.0 Å². The summed E-state index contributed by atoms with van der Waals surface area (Å²) in [4.78, 5) is 2.47. The first kappa shape index (κ1) is 14.0. The van der Waals surface area contributed by atoms with Gasteiger partial charge in [-0.2, -0.15) is 4.31 Å². The largest absolute Gasteiger partial charge is 0.379 e. The van der Waals surface area contributed by atoms with Crippen molar-refractivity contribution in [2.75, 3.05) is 33.9 Å². The zero-order chi connectivity index (χ0) is 14.3. The van der Waals surface area contributed by atoms with E-state index in [9.17, 15) is 8.42 Å². The van der Waals surface area contributed by atoms with Crippen LogP contribution in [0.3, 0.4) is 0 Å². The Kier molecular flexibility index (Phi) is 3.58. The molecule has 1 aromatic carbocycles. The molecule has 3 rings (SSSR count). The van der Waals surface area contributed by atoms with Crippen LogP contribution in [0.15, 0.2) is 35.2 Å². The van der Waals surface area contributed by atoms with Gasteiger partial charge in [-0.15, -0.1) is 0 Å². The van der Waals surface area contributed by atoms with Crippen LogP contribution < -0.4 is 0 Å². The Balaban J connectivity index is 1.94. The molecule has 2 heterocycles. The summed E-state index contributed by atoms with van der Waals surface area (Å²) in [6.07, 6.45) is 0. The zero-order valence-corrected chi connectivity index (χ0v) is 12.6. The maximum atomic E-state index is 12.8. The van der Waals surface area contributed by atoms with Gasteiger partial charge in [0.1, 0.15) is 0 Å². The normalized spacial score (nSPS) is 30.9. The summed E-state index contributed by atoms with van der Waals surface area (Å²) in [5.74, 6) is 0.267. The lowest BCUT2D eigenvalue weighted by Crippen LogP contribution is -2.38. The van der Waals surface area contributed by atoms with Gasteiger partial charge in [0.25, 0.3) is 0 Å². The molecule has 0 amide bonds. The minimum absolute atomic E-state index is 0.0346. The van der Waals surface area contributed by atoms with Gasteiger partial charge in [0.05, 0.1) is 24.2 Å². The third-order valence-electron chi connectivity index (χ3n) is 4.34. The average molecular weight is 296 g/mol. The van der Waals surface area contributed by atoms with E-state index in [-0.39, 0.29) is 18.0 Å². The van der Waals surface area contributed by atoms with Crippen LogP contribution in [0.1, 0.15) is 0 Å². The lowest BCUT2D eigenvalue weighted by atomic mass is 9.99. The molecule has 110 valence electrons. The summed E-state index contributed by atoms with van der Waals surface area (Å²) in [5, 5.41) is 0. The fourth-order valence-electron chi connectivity index (χ4n) is 3.23. The van der Waals surface area contributed by atoms with E-state index in [2.05, 4.69) is 4.90 Å². The minimum atomic E-state index is -3.43. The molecule has 0 radical (unpaired) electrons. The van der Waals surface area contributed by atoms with Crippen molar-refractivity contribution in [2.24, 2.45) is 5.92 Å². The number of likely N-dealkylation sites (N-methyl/N-ethyl adjacent to an activating group) is 1. The Morgan fingerprint density at radius 3 is 2.55 bits per heavy atom. The smallest absolute Gasteiger partial charge is 0.243 e. The van der Waals surface area contributed by atoms with Gasteiger partial charge in [-0.1, -0.05) is 18.2 Å².